The van der Waals surface area contributed by atoms with Gasteiger partial charge in [-0.2, -0.15) is 4.39 Å². The molecule has 3 heterocycles. The second kappa shape index (κ2) is 8.34. The lowest BCUT2D eigenvalue weighted by Crippen LogP contribution is -2.39. The first-order chi connectivity index (χ1) is 13.3. The van der Waals surface area contributed by atoms with Crippen LogP contribution >= 0.6 is 0 Å². The number of aromatic amines is 1. The standard InChI is InChI=1S/C15H21FN2O10/c1-25-11-9(21)6(3-19)28-14(11)26-4-7-8(20)10(22)13(27-7)18-2-5(16)12(23)17-15(18)24/h2,6-11,13-14,19-22H,3-4H2,1H3,(H,17,23,24)/t6-,7-,8-,9-,10-,11-,13-,14?/m1/s1. The van der Waals surface area contributed by atoms with Gasteiger partial charge in [-0.3, -0.25) is 14.3 Å². The second-order valence-corrected chi connectivity index (χ2v) is 6.44. The van der Waals surface area contributed by atoms with E-state index in [1.807, 2.05) is 0 Å². The molecular formula is C15H21FN2O10. The van der Waals surface area contributed by atoms with Crippen LogP contribution in [0.3, 0.4) is 0 Å². The highest BCUT2D eigenvalue weighted by Crippen LogP contribution is 2.30. The maximum absolute atomic E-state index is 13.5. The molecule has 0 aliphatic carbocycles. The number of rotatable bonds is 6. The van der Waals surface area contributed by atoms with E-state index in [4.69, 9.17) is 18.9 Å². The van der Waals surface area contributed by atoms with Gasteiger partial charge in [-0.15, -0.1) is 0 Å². The molecule has 0 saturated carbocycles. The zero-order valence-electron chi connectivity index (χ0n) is 14.7. The van der Waals surface area contributed by atoms with Gasteiger partial charge in [-0.25, -0.2) is 4.79 Å². The van der Waals surface area contributed by atoms with Gasteiger partial charge in [0.2, 0.25) is 5.82 Å². The number of nitrogens with one attached hydrogen (secondary N) is 1. The molecule has 2 fully saturated rings. The highest BCUT2D eigenvalue weighted by atomic mass is 19.1. The summed E-state index contributed by atoms with van der Waals surface area (Å²) < 4.78 is 35.3. The molecule has 0 aromatic carbocycles. The fourth-order valence-electron chi connectivity index (χ4n) is 3.17. The third-order valence-corrected chi connectivity index (χ3v) is 4.71. The number of aromatic nitrogens is 2. The Bertz CT molecular complexity index is 800. The summed E-state index contributed by atoms with van der Waals surface area (Å²) in [4.78, 5) is 24.7. The molecule has 2 saturated heterocycles. The first-order valence-corrected chi connectivity index (χ1v) is 8.39. The molecule has 28 heavy (non-hydrogen) atoms. The minimum absolute atomic E-state index is 0.343. The van der Waals surface area contributed by atoms with E-state index in [1.165, 1.54) is 7.11 Å². The molecule has 0 bridgehead atoms. The quantitative estimate of drug-likeness (QED) is 0.317. The first-order valence-electron chi connectivity index (χ1n) is 8.39. The molecule has 2 aliphatic rings. The topological polar surface area (TPSA) is 173 Å². The molecule has 8 atom stereocenters. The smallest absolute Gasteiger partial charge is 0.330 e. The number of hydrogen-bond donors (Lipinski definition) is 5. The van der Waals surface area contributed by atoms with Crippen LogP contribution in [0.15, 0.2) is 15.8 Å². The highest BCUT2D eigenvalue weighted by molar-refractivity contribution is 4.95. The summed E-state index contributed by atoms with van der Waals surface area (Å²) in [6, 6.07) is 0. The maximum Gasteiger partial charge on any atom is 0.330 e. The van der Waals surface area contributed by atoms with Crippen molar-refractivity contribution < 1.29 is 43.8 Å². The largest absolute Gasteiger partial charge is 0.394 e. The Balaban J connectivity index is 1.69. The van der Waals surface area contributed by atoms with Crippen molar-refractivity contribution >= 4 is 0 Å². The van der Waals surface area contributed by atoms with Gasteiger partial charge in [0.15, 0.2) is 12.5 Å². The van der Waals surface area contributed by atoms with Crippen molar-refractivity contribution in [2.75, 3.05) is 20.3 Å². The highest BCUT2D eigenvalue weighted by Gasteiger charge is 2.48. The summed E-state index contributed by atoms with van der Waals surface area (Å²) in [5, 5.41) is 39.4. The number of hydrogen-bond acceptors (Lipinski definition) is 10. The van der Waals surface area contributed by atoms with Gasteiger partial charge in [-0.1, -0.05) is 0 Å². The Morgan fingerprint density at radius 2 is 1.89 bits per heavy atom. The molecule has 5 N–H and O–H groups in total. The van der Waals surface area contributed by atoms with Crippen LogP contribution in [-0.2, 0) is 18.9 Å². The normalized spacial score (nSPS) is 38.2. The number of halogens is 1. The fourth-order valence-corrected chi connectivity index (χ4v) is 3.17. The van der Waals surface area contributed by atoms with Crippen LogP contribution in [0.2, 0.25) is 0 Å². The third-order valence-electron chi connectivity index (χ3n) is 4.71. The number of aliphatic hydroxyl groups excluding tert-OH is 4. The number of aliphatic hydroxyl groups is 4. The molecule has 3 rings (SSSR count). The molecule has 13 heteroatoms. The van der Waals surface area contributed by atoms with Gasteiger partial charge in [0, 0.05) is 7.11 Å². The van der Waals surface area contributed by atoms with E-state index in [-0.39, 0.29) is 6.61 Å². The Kier molecular flexibility index (Phi) is 6.26. The average Bonchev–Trinajstić information content (AvgIpc) is 3.13. The van der Waals surface area contributed by atoms with Crippen molar-refractivity contribution in [3.8, 4) is 0 Å². The Morgan fingerprint density at radius 3 is 2.54 bits per heavy atom. The van der Waals surface area contributed by atoms with Gasteiger partial charge in [0.1, 0.15) is 36.6 Å². The molecule has 12 nitrogen and oxygen atoms in total. The van der Waals surface area contributed by atoms with Gasteiger partial charge < -0.3 is 39.4 Å². The SMILES string of the molecule is CO[C@H]1C(OC[C@H]2O[C@@H](n3cc(F)c(=O)[nH]c3=O)[C@H](O)[C@@H]2O)O[C@H](CO)[C@H]1O. The van der Waals surface area contributed by atoms with E-state index in [9.17, 15) is 34.4 Å². The number of nitrogens with zero attached hydrogens (tertiary/aromatic N) is 1. The summed E-state index contributed by atoms with van der Waals surface area (Å²) in [6.45, 7) is -0.810. The Hall–Kier alpha value is -1.71. The second-order valence-electron chi connectivity index (χ2n) is 6.44. The summed E-state index contributed by atoms with van der Waals surface area (Å²) in [5.74, 6) is -1.27. The van der Waals surface area contributed by atoms with E-state index < -0.39 is 72.8 Å². The van der Waals surface area contributed by atoms with Gasteiger partial charge >= 0.3 is 5.69 Å². The molecule has 0 spiro atoms. The van der Waals surface area contributed by atoms with Gasteiger partial charge in [0.25, 0.3) is 5.56 Å². The number of ether oxygens (including phenoxy) is 4. The van der Waals surface area contributed by atoms with Crippen molar-refractivity contribution in [1.82, 2.24) is 9.55 Å². The number of H-pyrrole nitrogens is 1. The lowest BCUT2D eigenvalue weighted by atomic mass is 10.1. The van der Waals surface area contributed by atoms with E-state index in [2.05, 4.69) is 0 Å². The van der Waals surface area contributed by atoms with Crippen molar-refractivity contribution in [2.45, 2.75) is 49.1 Å². The van der Waals surface area contributed by atoms with Crippen LogP contribution in [0.4, 0.5) is 4.39 Å². The van der Waals surface area contributed by atoms with Crippen LogP contribution in [0.5, 0.6) is 0 Å². The molecule has 1 aromatic rings. The zero-order valence-corrected chi connectivity index (χ0v) is 14.7. The minimum atomic E-state index is -1.62. The van der Waals surface area contributed by atoms with Gasteiger partial charge in [-0.05, 0) is 0 Å². The Labute approximate surface area is 156 Å². The summed E-state index contributed by atoms with van der Waals surface area (Å²) in [5.41, 5.74) is -2.26. The molecule has 158 valence electrons. The van der Waals surface area contributed by atoms with Crippen molar-refractivity contribution in [3.63, 3.8) is 0 Å². The third kappa shape index (κ3) is 3.75. The summed E-state index contributed by atoms with van der Waals surface area (Å²) in [7, 11) is 1.31. The fraction of sp³-hybridized carbons (Fsp3) is 0.733. The molecule has 0 radical (unpaired) electrons. The molecule has 2 aliphatic heterocycles. The molecule has 1 unspecified atom stereocenters. The van der Waals surface area contributed by atoms with Crippen LogP contribution in [-0.4, -0.2) is 93.2 Å². The predicted octanol–water partition coefficient (Wildman–Crippen LogP) is -3.60. The van der Waals surface area contributed by atoms with E-state index in [0.29, 0.717) is 10.8 Å². The van der Waals surface area contributed by atoms with E-state index in [1.54, 1.807) is 4.98 Å². The van der Waals surface area contributed by atoms with E-state index >= 15 is 0 Å². The van der Waals surface area contributed by atoms with Crippen LogP contribution in [0, 0.1) is 5.82 Å². The predicted molar refractivity (Wildman–Crippen MR) is 85.7 cm³/mol. The molecule has 0 amide bonds. The number of methoxy groups -OCH3 is 1. The summed E-state index contributed by atoms with van der Waals surface area (Å²) in [6.07, 6.45) is -9.24. The monoisotopic (exact) mass is 408 g/mol. The van der Waals surface area contributed by atoms with Crippen molar-refractivity contribution in [1.29, 1.82) is 0 Å². The first kappa shape index (κ1) is 21.0. The molecule has 1 aromatic heterocycles. The molecular weight excluding hydrogens is 387 g/mol. The lowest BCUT2D eigenvalue weighted by Gasteiger charge is -2.22. The van der Waals surface area contributed by atoms with Crippen LogP contribution in [0.25, 0.3) is 0 Å². The van der Waals surface area contributed by atoms with Crippen molar-refractivity contribution in [2.24, 2.45) is 0 Å². The van der Waals surface area contributed by atoms with Crippen LogP contribution < -0.4 is 11.2 Å². The average molecular weight is 408 g/mol. The van der Waals surface area contributed by atoms with Crippen molar-refractivity contribution in [3.05, 3.63) is 32.9 Å². The lowest BCUT2D eigenvalue weighted by molar-refractivity contribution is -0.195. The Morgan fingerprint density at radius 1 is 1.18 bits per heavy atom. The zero-order chi connectivity index (χ0) is 20.6. The summed E-state index contributed by atoms with van der Waals surface area (Å²) >= 11 is 0. The minimum Gasteiger partial charge on any atom is -0.394 e. The van der Waals surface area contributed by atoms with Crippen LogP contribution in [0.1, 0.15) is 6.23 Å². The maximum atomic E-state index is 13.5. The van der Waals surface area contributed by atoms with E-state index in [0.717, 1.165) is 0 Å². The van der Waals surface area contributed by atoms with Gasteiger partial charge in [0.05, 0.1) is 19.4 Å².